The number of nitrogens with one attached hydrogen (secondary N) is 1. The number of nitrogen functional groups attached to an aromatic ring is 1. The van der Waals surface area contributed by atoms with Crippen molar-refractivity contribution in [3.8, 4) is 0 Å². The third-order valence-corrected chi connectivity index (χ3v) is 3.18. The fourth-order valence-corrected chi connectivity index (χ4v) is 2.07. The molecule has 0 aliphatic heterocycles. The summed E-state index contributed by atoms with van der Waals surface area (Å²) >= 11 is 6.05. The van der Waals surface area contributed by atoms with E-state index in [2.05, 4.69) is 10.4 Å². The first-order chi connectivity index (χ1) is 9.43. The average Bonchev–Trinajstić information content (AvgIpc) is 2.70. The van der Waals surface area contributed by atoms with Crippen LogP contribution in [-0.2, 0) is 13.5 Å². The minimum Gasteiger partial charge on any atom is -0.399 e. The molecule has 0 saturated heterocycles. The number of halogens is 1. The van der Waals surface area contributed by atoms with Crippen LogP contribution in [0.15, 0.2) is 18.2 Å². The molecule has 0 saturated carbocycles. The molecule has 0 aliphatic carbocycles. The van der Waals surface area contributed by atoms with Crippen molar-refractivity contribution in [1.82, 2.24) is 9.78 Å². The zero-order chi connectivity index (χ0) is 14.9. The van der Waals surface area contributed by atoms with Crippen LogP contribution in [0.3, 0.4) is 0 Å². The molecule has 0 radical (unpaired) electrons. The lowest BCUT2D eigenvalue weighted by molar-refractivity contribution is -0.384. The molecule has 0 aliphatic rings. The number of anilines is 3. The molecule has 0 bridgehead atoms. The fraction of sp³-hybridized carbons (Fsp3) is 0.250. The van der Waals surface area contributed by atoms with Crippen LogP contribution in [0.2, 0.25) is 5.02 Å². The Morgan fingerprint density at radius 2 is 2.25 bits per heavy atom. The van der Waals surface area contributed by atoms with E-state index >= 15 is 0 Å². The molecule has 3 N–H and O–H groups in total. The first kappa shape index (κ1) is 14.1. The summed E-state index contributed by atoms with van der Waals surface area (Å²) < 4.78 is 1.43. The van der Waals surface area contributed by atoms with Gasteiger partial charge in [0.25, 0.3) is 0 Å². The zero-order valence-electron chi connectivity index (χ0n) is 11.1. The van der Waals surface area contributed by atoms with Gasteiger partial charge in [-0.2, -0.15) is 5.10 Å². The van der Waals surface area contributed by atoms with Crippen molar-refractivity contribution in [2.45, 2.75) is 13.3 Å². The van der Waals surface area contributed by atoms with Crippen molar-refractivity contribution >= 4 is 34.5 Å². The second-order valence-corrected chi connectivity index (χ2v) is 4.65. The summed E-state index contributed by atoms with van der Waals surface area (Å²) in [6.45, 7) is 1.81. The number of hydrogen-bond donors (Lipinski definition) is 2. The maximum atomic E-state index is 11.2. The van der Waals surface area contributed by atoms with Gasteiger partial charge in [0.05, 0.1) is 15.6 Å². The SMILES string of the molecule is CCc1nn(C)c(Nc2cc(N)ccc2Cl)c1[N+](=O)[O-]. The zero-order valence-corrected chi connectivity index (χ0v) is 11.8. The summed E-state index contributed by atoms with van der Waals surface area (Å²) in [5, 5.41) is 18.7. The van der Waals surface area contributed by atoms with E-state index in [9.17, 15) is 10.1 Å². The first-order valence-corrected chi connectivity index (χ1v) is 6.34. The Labute approximate surface area is 120 Å². The molecule has 1 heterocycles. The van der Waals surface area contributed by atoms with Gasteiger partial charge in [-0.1, -0.05) is 18.5 Å². The van der Waals surface area contributed by atoms with Gasteiger partial charge < -0.3 is 11.1 Å². The van der Waals surface area contributed by atoms with Crippen LogP contribution < -0.4 is 11.1 Å². The molecular formula is C12H14ClN5O2. The molecule has 1 aromatic heterocycles. The van der Waals surface area contributed by atoms with Gasteiger partial charge in [-0.05, 0) is 24.6 Å². The van der Waals surface area contributed by atoms with Gasteiger partial charge in [-0.3, -0.25) is 10.1 Å². The molecule has 20 heavy (non-hydrogen) atoms. The summed E-state index contributed by atoms with van der Waals surface area (Å²) in [6, 6.07) is 4.90. The second-order valence-electron chi connectivity index (χ2n) is 4.24. The van der Waals surface area contributed by atoms with Crippen LogP contribution in [0.5, 0.6) is 0 Å². The lowest BCUT2D eigenvalue weighted by atomic mass is 10.2. The lowest BCUT2D eigenvalue weighted by Crippen LogP contribution is -2.02. The Hall–Kier alpha value is -2.28. The predicted octanol–water partition coefficient (Wildman–Crippen LogP) is 2.87. The van der Waals surface area contributed by atoms with E-state index < -0.39 is 4.92 Å². The van der Waals surface area contributed by atoms with Crippen molar-refractivity contribution < 1.29 is 4.92 Å². The third kappa shape index (κ3) is 2.53. The number of benzene rings is 1. The molecule has 0 amide bonds. The van der Waals surface area contributed by atoms with Gasteiger partial charge >= 0.3 is 5.69 Å². The van der Waals surface area contributed by atoms with Crippen molar-refractivity contribution in [3.05, 3.63) is 39.0 Å². The van der Waals surface area contributed by atoms with Gasteiger partial charge in [0.1, 0.15) is 5.69 Å². The van der Waals surface area contributed by atoms with E-state index in [0.29, 0.717) is 28.5 Å². The monoisotopic (exact) mass is 295 g/mol. The third-order valence-electron chi connectivity index (χ3n) is 2.85. The maximum absolute atomic E-state index is 11.2. The minimum atomic E-state index is -0.450. The van der Waals surface area contributed by atoms with Gasteiger partial charge in [0, 0.05) is 12.7 Å². The standard InChI is InChI=1S/C12H14ClN5O2/c1-3-9-11(18(19)20)12(17(2)16-9)15-10-6-7(14)4-5-8(10)13/h4-6,15H,3,14H2,1-2H3. The number of nitrogens with zero attached hydrogens (tertiary/aromatic N) is 3. The van der Waals surface area contributed by atoms with E-state index in [4.69, 9.17) is 17.3 Å². The summed E-state index contributed by atoms with van der Waals surface area (Å²) in [4.78, 5) is 10.8. The van der Waals surface area contributed by atoms with E-state index in [0.717, 1.165) is 0 Å². The summed E-state index contributed by atoms with van der Waals surface area (Å²) in [5.74, 6) is 0.277. The Bertz CT molecular complexity index is 668. The van der Waals surface area contributed by atoms with E-state index in [-0.39, 0.29) is 11.5 Å². The molecule has 106 valence electrons. The van der Waals surface area contributed by atoms with Crippen molar-refractivity contribution in [3.63, 3.8) is 0 Å². The molecule has 0 spiro atoms. The van der Waals surface area contributed by atoms with Gasteiger partial charge in [0.2, 0.25) is 5.82 Å². The number of nitrogens with two attached hydrogens (primary N) is 1. The lowest BCUT2D eigenvalue weighted by Gasteiger charge is -2.08. The Kier molecular flexibility index (Phi) is 3.80. The van der Waals surface area contributed by atoms with Gasteiger partial charge in [0.15, 0.2) is 0 Å². The first-order valence-electron chi connectivity index (χ1n) is 5.96. The van der Waals surface area contributed by atoms with Crippen LogP contribution in [0, 0.1) is 10.1 Å². The number of rotatable bonds is 4. The van der Waals surface area contributed by atoms with Crippen LogP contribution in [0.25, 0.3) is 0 Å². The summed E-state index contributed by atoms with van der Waals surface area (Å²) in [7, 11) is 1.63. The smallest absolute Gasteiger partial charge is 0.334 e. The predicted molar refractivity (Wildman–Crippen MR) is 78.4 cm³/mol. The minimum absolute atomic E-state index is 0.0477. The molecule has 8 heteroatoms. The average molecular weight is 296 g/mol. The maximum Gasteiger partial charge on any atom is 0.334 e. The molecular weight excluding hydrogens is 282 g/mol. The summed E-state index contributed by atoms with van der Waals surface area (Å²) in [6.07, 6.45) is 0.469. The number of aryl methyl sites for hydroxylation is 2. The van der Waals surface area contributed by atoms with Gasteiger partial charge in [-0.15, -0.1) is 0 Å². The Balaban J connectivity index is 2.50. The molecule has 0 atom stereocenters. The van der Waals surface area contributed by atoms with Crippen LogP contribution in [0.4, 0.5) is 22.9 Å². The van der Waals surface area contributed by atoms with Gasteiger partial charge in [-0.25, -0.2) is 4.68 Å². The number of nitro groups is 1. The highest BCUT2D eigenvalue weighted by atomic mass is 35.5. The summed E-state index contributed by atoms with van der Waals surface area (Å²) in [5.41, 5.74) is 7.07. The van der Waals surface area contributed by atoms with Crippen molar-refractivity contribution in [2.75, 3.05) is 11.1 Å². The molecule has 0 unspecified atom stereocenters. The number of aromatic nitrogens is 2. The highest BCUT2D eigenvalue weighted by Gasteiger charge is 2.26. The van der Waals surface area contributed by atoms with Crippen LogP contribution in [0.1, 0.15) is 12.6 Å². The molecule has 2 rings (SSSR count). The van der Waals surface area contributed by atoms with Crippen LogP contribution in [-0.4, -0.2) is 14.7 Å². The second kappa shape index (κ2) is 5.38. The Morgan fingerprint density at radius 1 is 1.55 bits per heavy atom. The highest BCUT2D eigenvalue weighted by Crippen LogP contribution is 2.34. The van der Waals surface area contributed by atoms with E-state index in [1.54, 1.807) is 25.2 Å². The molecule has 2 aromatic rings. The number of hydrogen-bond acceptors (Lipinski definition) is 5. The van der Waals surface area contributed by atoms with Crippen molar-refractivity contribution in [1.29, 1.82) is 0 Å². The quantitative estimate of drug-likeness (QED) is 0.513. The molecule has 7 nitrogen and oxygen atoms in total. The largest absolute Gasteiger partial charge is 0.399 e. The van der Waals surface area contributed by atoms with E-state index in [1.165, 1.54) is 4.68 Å². The van der Waals surface area contributed by atoms with Crippen molar-refractivity contribution in [2.24, 2.45) is 7.05 Å². The Morgan fingerprint density at radius 3 is 2.85 bits per heavy atom. The molecule has 0 fully saturated rings. The van der Waals surface area contributed by atoms with Crippen LogP contribution >= 0.6 is 11.6 Å². The topological polar surface area (TPSA) is 99.0 Å². The molecule has 1 aromatic carbocycles. The normalized spacial score (nSPS) is 10.6. The van der Waals surface area contributed by atoms with E-state index in [1.807, 2.05) is 6.92 Å². The fourth-order valence-electron chi connectivity index (χ4n) is 1.90. The highest BCUT2D eigenvalue weighted by molar-refractivity contribution is 6.33.